The molecule has 6 rings (SSSR count). The van der Waals surface area contributed by atoms with Crippen LogP contribution in [0.5, 0.6) is 0 Å². The Balaban J connectivity index is 1.46. The summed E-state index contributed by atoms with van der Waals surface area (Å²) in [4.78, 5) is 6.36. The number of benzene rings is 3. The maximum Gasteiger partial charge on any atom is 0.398 e. The van der Waals surface area contributed by atoms with Gasteiger partial charge in [-0.25, -0.2) is 4.39 Å². The predicted molar refractivity (Wildman–Crippen MR) is 138 cm³/mol. The van der Waals surface area contributed by atoms with Gasteiger partial charge in [0.2, 0.25) is 5.62 Å². The lowest BCUT2D eigenvalue weighted by Gasteiger charge is -2.33. The van der Waals surface area contributed by atoms with E-state index in [1.165, 1.54) is 16.7 Å². The van der Waals surface area contributed by atoms with Crippen LogP contribution in [0.3, 0.4) is 0 Å². The zero-order valence-electron chi connectivity index (χ0n) is 20.2. The maximum absolute atomic E-state index is 14.6. The van der Waals surface area contributed by atoms with Gasteiger partial charge in [0.1, 0.15) is 11.6 Å². The van der Waals surface area contributed by atoms with E-state index < -0.39 is 17.4 Å². The van der Waals surface area contributed by atoms with Crippen molar-refractivity contribution in [3.05, 3.63) is 77.2 Å². The van der Waals surface area contributed by atoms with Gasteiger partial charge >= 0.3 is 6.18 Å². The number of fused-ring (bicyclic) bond motifs is 2. The van der Waals surface area contributed by atoms with E-state index in [9.17, 15) is 17.6 Å². The topological polar surface area (TPSA) is 94.8 Å². The Hall–Kier alpha value is -4.21. The zero-order valence-corrected chi connectivity index (χ0v) is 20.2. The molecule has 2 heterocycles. The van der Waals surface area contributed by atoms with E-state index in [-0.39, 0.29) is 24.1 Å². The molecule has 0 bridgehead atoms. The van der Waals surface area contributed by atoms with Crippen molar-refractivity contribution in [2.45, 2.75) is 37.3 Å². The highest BCUT2D eigenvalue weighted by Crippen LogP contribution is 2.59. The number of hydrogen-bond donors (Lipinski definition) is 3. The minimum Gasteiger partial charge on any atom is -0.396 e. The third-order valence-corrected chi connectivity index (χ3v) is 7.73. The smallest absolute Gasteiger partial charge is 0.396 e. The van der Waals surface area contributed by atoms with Gasteiger partial charge in [0.15, 0.2) is 0 Å². The summed E-state index contributed by atoms with van der Waals surface area (Å²) in [6, 6.07) is 15.1. The molecule has 10 heteroatoms. The van der Waals surface area contributed by atoms with Gasteiger partial charge in [-0.15, -0.1) is 0 Å². The van der Waals surface area contributed by atoms with E-state index in [2.05, 4.69) is 4.98 Å². The number of aromatic nitrogens is 2. The summed E-state index contributed by atoms with van der Waals surface area (Å²) >= 11 is 0. The van der Waals surface area contributed by atoms with Crippen molar-refractivity contribution in [3.63, 3.8) is 0 Å². The molecule has 1 saturated carbocycles. The van der Waals surface area contributed by atoms with Crippen LogP contribution in [-0.2, 0) is 11.8 Å². The molecule has 6 nitrogen and oxygen atoms in total. The van der Waals surface area contributed by atoms with Crippen molar-refractivity contribution >= 4 is 34.4 Å². The minimum absolute atomic E-state index is 0.0899. The molecule has 0 amide bonds. The third-order valence-electron chi connectivity index (χ3n) is 7.73. The largest absolute Gasteiger partial charge is 0.398 e. The van der Waals surface area contributed by atoms with Crippen LogP contribution in [0.15, 0.2) is 54.6 Å². The van der Waals surface area contributed by atoms with Crippen molar-refractivity contribution in [2.75, 3.05) is 17.2 Å². The number of anilines is 3. The Morgan fingerprint density at radius 2 is 1.79 bits per heavy atom. The summed E-state index contributed by atoms with van der Waals surface area (Å²) in [5.41, 5.74) is 8.05. The molecule has 0 saturated heterocycles. The number of nitrogen functional groups attached to an aromatic ring is 1. The van der Waals surface area contributed by atoms with Gasteiger partial charge in [0, 0.05) is 17.6 Å². The number of nitrogens with one attached hydrogen (secondary N) is 2. The number of rotatable bonds is 4. The summed E-state index contributed by atoms with van der Waals surface area (Å²) in [6.45, 7) is 0.575. The Morgan fingerprint density at radius 1 is 1.05 bits per heavy atom. The quantitative estimate of drug-likeness (QED) is 0.133. The van der Waals surface area contributed by atoms with Crippen LogP contribution in [0.1, 0.15) is 30.4 Å². The second kappa shape index (κ2) is 8.41. The number of nitrogens with zero attached hydrogens (tertiary/aromatic N) is 3. The minimum atomic E-state index is -4.26. The molecule has 0 radical (unpaired) electrons. The van der Waals surface area contributed by atoms with E-state index in [1.54, 1.807) is 24.3 Å². The molecule has 0 unspecified atom stereocenters. The molecular weight excluding hydrogens is 496 g/mol. The molecule has 1 aliphatic carbocycles. The lowest BCUT2D eigenvalue weighted by atomic mass is 9.89. The Bertz CT molecular complexity index is 1650. The lowest BCUT2D eigenvalue weighted by Crippen LogP contribution is -2.31. The first kappa shape index (κ1) is 24.1. The highest BCUT2D eigenvalue weighted by atomic mass is 19.4. The van der Waals surface area contributed by atoms with Crippen LogP contribution < -0.4 is 16.3 Å². The average Bonchev–Trinajstić information content (AvgIpc) is 3.72. The van der Waals surface area contributed by atoms with E-state index >= 15 is 0 Å². The van der Waals surface area contributed by atoms with Gasteiger partial charge in [-0.05, 0) is 66.1 Å². The summed E-state index contributed by atoms with van der Waals surface area (Å²) in [6.07, 6.45) is -1.58. The van der Waals surface area contributed by atoms with Gasteiger partial charge < -0.3 is 10.6 Å². The Labute approximate surface area is 215 Å². The van der Waals surface area contributed by atoms with Crippen molar-refractivity contribution in [3.8, 4) is 11.1 Å². The SMILES string of the molecule is N=Cn1c(=N)nc(N2CCCc3c(-c4ccc(C5(C(F)(F)F)CC5)cc4)cccc32)c2cc(F)c(N)cc21. The molecule has 3 aromatic carbocycles. The lowest BCUT2D eigenvalue weighted by molar-refractivity contribution is -0.160. The maximum atomic E-state index is 14.6. The van der Waals surface area contributed by atoms with E-state index in [1.807, 2.05) is 23.1 Å². The summed E-state index contributed by atoms with van der Waals surface area (Å²) in [5.74, 6) is -0.232. The van der Waals surface area contributed by atoms with Crippen LogP contribution in [0.25, 0.3) is 22.0 Å². The van der Waals surface area contributed by atoms with Crippen LogP contribution >= 0.6 is 0 Å². The second-order valence-electron chi connectivity index (χ2n) is 9.86. The van der Waals surface area contributed by atoms with Gasteiger partial charge in [-0.1, -0.05) is 36.4 Å². The van der Waals surface area contributed by atoms with Crippen molar-refractivity contribution < 1.29 is 17.6 Å². The van der Waals surface area contributed by atoms with Crippen molar-refractivity contribution in [1.82, 2.24) is 9.55 Å². The Kier molecular flexibility index (Phi) is 5.34. The molecule has 0 spiro atoms. The summed E-state index contributed by atoms with van der Waals surface area (Å²) in [5, 5.41) is 16.5. The van der Waals surface area contributed by atoms with E-state index in [0.29, 0.717) is 28.8 Å². The van der Waals surface area contributed by atoms with Crippen LogP contribution in [-0.4, -0.2) is 28.6 Å². The van der Waals surface area contributed by atoms with Crippen LogP contribution in [0, 0.1) is 16.6 Å². The molecular formula is C28H24F4N6. The fourth-order valence-electron chi connectivity index (χ4n) is 5.57. The number of hydrogen-bond acceptors (Lipinski definition) is 5. The van der Waals surface area contributed by atoms with Gasteiger partial charge in [0.05, 0.1) is 23.0 Å². The molecule has 0 atom stereocenters. The van der Waals surface area contributed by atoms with Gasteiger partial charge in [0.25, 0.3) is 0 Å². The fraction of sp³-hybridized carbons (Fsp3) is 0.250. The summed E-state index contributed by atoms with van der Waals surface area (Å²) < 4.78 is 56.6. The van der Waals surface area contributed by atoms with Gasteiger partial charge in [-0.3, -0.25) is 15.4 Å². The van der Waals surface area contributed by atoms with E-state index in [0.717, 1.165) is 41.6 Å². The second-order valence-corrected chi connectivity index (χ2v) is 9.86. The first-order chi connectivity index (χ1) is 18.1. The highest BCUT2D eigenvalue weighted by molar-refractivity contribution is 5.96. The first-order valence-electron chi connectivity index (χ1n) is 12.3. The zero-order chi connectivity index (χ0) is 26.8. The molecule has 1 aliphatic heterocycles. The number of halogens is 4. The first-order valence-corrected chi connectivity index (χ1v) is 12.3. The summed E-state index contributed by atoms with van der Waals surface area (Å²) in [7, 11) is 0. The fourth-order valence-corrected chi connectivity index (χ4v) is 5.57. The molecule has 2 aliphatic rings. The monoisotopic (exact) mass is 520 g/mol. The molecule has 38 heavy (non-hydrogen) atoms. The molecule has 1 fully saturated rings. The number of alkyl halides is 3. The van der Waals surface area contributed by atoms with Gasteiger partial charge in [-0.2, -0.15) is 18.2 Å². The molecule has 4 N–H and O–H groups in total. The average molecular weight is 521 g/mol. The molecule has 1 aromatic heterocycles. The highest BCUT2D eigenvalue weighted by Gasteiger charge is 2.64. The third kappa shape index (κ3) is 3.58. The van der Waals surface area contributed by atoms with Crippen LogP contribution in [0.4, 0.5) is 34.8 Å². The normalized spacial score (nSPS) is 16.4. The van der Waals surface area contributed by atoms with Crippen molar-refractivity contribution in [2.24, 2.45) is 0 Å². The predicted octanol–water partition coefficient (Wildman–Crippen LogP) is 6.04. The standard InChI is InChI=1S/C28H24F4N6/c29-21-13-20-24(14-22(21)34)38(15-33)26(35)36-25(20)37-12-2-4-19-18(3-1-5-23(19)37)16-6-8-17(9-7-16)27(10-11-27)28(30,31)32/h1,3,5-9,13-15,33,35H,2,4,10-12,34H2. The van der Waals surface area contributed by atoms with Crippen LogP contribution in [0.2, 0.25) is 0 Å². The molecule has 194 valence electrons. The number of nitrogens with two attached hydrogens (primary N) is 1. The van der Waals surface area contributed by atoms with Crippen molar-refractivity contribution in [1.29, 1.82) is 10.8 Å². The Morgan fingerprint density at radius 3 is 2.45 bits per heavy atom. The van der Waals surface area contributed by atoms with E-state index in [4.69, 9.17) is 16.6 Å². The molecule has 4 aromatic rings.